The zero-order chi connectivity index (χ0) is 14.5. The summed E-state index contributed by atoms with van der Waals surface area (Å²) in [6.07, 6.45) is 1.70. The maximum absolute atomic E-state index is 9.02. The summed E-state index contributed by atoms with van der Waals surface area (Å²) in [5.74, 6) is 6.78. The summed E-state index contributed by atoms with van der Waals surface area (Å²) in [6, 6.07) is 2.15. The quantitative estimate of drug-likeness (QED) is 0.533. The van der Waals surface area contributed by atoms with Crippen LogP contribution in [0.15, 0.2) is 6.07 Å². The Balaban J connectivity index is 2.49. The standard InChI is InChI=1S/C13H21N5OS/c1-3-9-8-10-11(18(4-2)6-5-7-19)15-13(17-14)16-12(10)20-9/h8,19H,3-7,14H2,1-2H3,(H,15,16,17). The van der Waals surface area contributed by atoms with Crippen molar-refractivity contribution in [2.75, 3.05) is 30.0 Å². The minimum absolute atomic E-state index is 0.177. The number of aliphatic hydroxyl groups excluding tert-OH is 1. The molecule has 6 nitrogen and oxygen atoms in total. The van der Waals surface area contributed by atoms with E-state index in [9.17, 15) is 0 Å². The van der Waals surface area contributed by atoms with E-state index in [1.165, 1.54) is 4.88 Å². The average molecular weight is 295 g/mol. The van der Waals surface area contributed by atoms with Gasteiger partial charge in [-0.3, -0.25) is 5.43 Å². The van der Waals surface area contributed by atoms with Crippen molar-refractivity contribution in [3.8, 4) is 0 Å². The number of nitrogen functional groups attached to an aromatic ring is 1. The normalized spacial score (nSPS) is 11.0. The van der Waals surface area contributed by atoms with Gasteiger partial charge in [0.2, 0.25) is 5.95 Å². The van der Waals surface area contributed by atoms with Gasteiger partial charge in [0.05, 0.1) is 5.39 Å². The molecule has 20 heavy (non-hydrogen) atoms. The number of anilines is 2. The van der Waals surface area contributed by atoms with Gasteiger partial charge in [-0.25, -0.2) is 10.8 Å². The lowest BCUT2D eigenvalue weighted by Gasteiger charge is -2.22. The number of aliphatic hydroxyl groups is 1. The van der Waals surface area contributed by atoms with Crippen LogP contribution >= 0.6 is 11.3 Å². The van der Waals surface area contributed by atoms with Gasteiger partial charge in [0, 0.05) is 24.6 Å². The van der Waals surface area contributed by atoms with E-state index in [0.29, 0.717) is 5.95 Å². The number of fused-ring (bicyclic) bond motifs is 1. The molecule has 0 aliphatic carbocycles. The molecular formula is C13H21N5OS. The Labute approximate surface area is 122 Å². The molecule has 0 fully saturated rings. The third-order valence-electron chi connectivity index (χ3n) is 3.17. The molecule has 2 rings (SSSR count). The number of nitrogens with zero attached hydrogens (tertiary/aromatic N) is 3. The summed E-state index contributed by atoms with van der Waals surface area (Å²) in [7, 11) is 0. The van der Waals surface area contributed by atoms with E-state index in [0.717, 1.165) is 42.0 Å². The molecule has 0 atom stereocenters. The number of hydrazine groups is 1. The van der Waals surface area contributed by atoms with E-state index in [2.05, 4.69) is 40.2 Å². The highest BCUT2D eigenvalue weighted by Gasteiger charge is 2.15. The second-order valence-electron chi connectivity index (χ2n) is 4.46. The predicted octanol–water partition coefficient (Wildman–Crippen LogP) is 1.75. The van der Waals surface area contributed by atoms with Crippen LogP contribution < -0.4 is 16.2 Å². The lowest BCUT2D eigenvalue weighted by molar-refractivity contribution is 0.289. The number of hydrogen-bond acceptors (Lipinski definition) is 7. The summed E-state index contributed by atoms with van der Waals surface area (Å²) < 4.78 is 0. The van der Waals surface area contributed by atoms with Gasteiger partial charge in [-0.2, -0.15) is 4.98 Å². The van der Waals surface area contributed by atoms with Gasteiger partial charge < -0.3 is 10.0 Å². The maximum atomic E-state index is 9.02. The van der Waals surface area contributed by atoms with Gasteiger partial charge in [-0.15, -0.1) is 11.3 Å². The molecule has 110 valence electrons. The van der Waals surface area contributed by atoms with E-state index in [-0.39, 0.29) is 6.61 Å². The summed E-state index contributed by atoms with van der Waals surface area (Å²) in [6.45, 7) is 5.97. The Bertz CT molecular complexity index is 571. The van der Waals surface area contributed by atoms with Crippen molar-refractivity contribution >= 4 is 33.3 Å². The molecule has 7 heteroatoms. The average Bonchev–Trinajstić information content (AvgIpc) is 2.90. The molecule has 2 aromatic rings. The molecule has 0 saturated carbocycles. The molecule has 0 saturated heterocycles. The Kier molecular flexibility index (Phi) is 5.11. The maximum Gasteiger partial charge on any atom is 0.240 e. The minimum atomic E-state index is 0.177. The number of hydrogen-bond donors (Lipinski definition) is 3. The molecule has 0 aliphatic rings. The lowest BCUT2D eigenvalue weighted by Crippen LogP contribution is -2.26. The van der Waals surface area contributed by atoms with E-state index in [4.69, 9.17) is 10.9 Å². The number of nitrogens with one attached hydrogen (secondary N) is 1. The Hall–Kier alpha value is -1.44. The van der Waals surface area contributed by atoms with E-state index in [1.54, 1.807) is 11.3 Å². The first-order chi connectivity index (χ1) is 9.73. The van der Waals surface area contributed by atoms with Crippen LogP contribution in [0.4, 0.5) is 11.8 Å². The first-order valence-corrected chi connectivity index (χ1v) is 7.68. The highest BCUT2D eigenvalue weighted by molar-refractivity contribution is 7.18. The van der Waals surface area contributed by atoms with E-state index >= 15 is 0 Å². The van der Waals surface area contributed by atoms with Gasteiger partial charge >= 0.3 is 0 Å². The molecule has 0 unspecified atom stereocenters. The molecule has 2 heterocycles. The molecule has 0 amide bonds. The fourth-order valence-corrected chi connectivity index (χ4v) is 3.07. The second-order valence-corrected chi connectivity index (χ2v) is 5.57. The van der Waals surface area contributed by atoms with Crippen LogP contribution in [0.1, 0.15) is 25.1 Å². The Morgan fingerprint density at radius 1 is 1.40 bits per heavy atom. The van der Waals surface area contributed by atoms with Crippen molar-refractivity contribution < 1.29 is 5.11 Å². The molecular weight excluding hydrogens is 274 g/mol. The van der Waals surface area contributed by atoms with Crippen molar-refractivity contribution in [2.24, 2.45) is 5.84 Å². The van der Waals surface area contributed by atoms with Crippen LogP contribution in [0.3, 0.4) is 0 Å². The number of rotatable bonds is 7. The molecule has 0 bridgehead atoms. The van der Waals surface area contributed by atoms with Crippen LogP contribution in [-0.2, 0) is 6.42 Å². The smallest absolute Gasteiger partial charge is 0.240 e. The monoisotopic (exact) mass is 295 g/mol. The fraction of sp³-hybridized carbons (Fsp3) is 0.538. The second kappa shape index (κ2) is 6.83. The zero-order valence-corrected chi connectivity index (χ0v) is 12.7. The van der Waals surface area contributed by atoms with Gasteiger partial charge in [-0.05, 0) is 25.8 Å². The van der Waals surface area contributed by atoms with E-state index in [1.807, 2.05) is 0 Å². The van der Waals surface area contributed by atoms with Crippen molar-refractivity contribution in [1.82, 2.24) is 9.97 Å². The summed E-state index contributed by atoms with van der Waals surface area (Å²) >= 11 is 1.67. The Morgan fingerprint density at radius 2 is 2.20 bits per heavy atom. The first-order valence-electron chi connectivity index (χ1n) is 6.86. The predicted molar refractivity (Wildman–Crippen MR) is 84.2 cm³/mol. The molecule has 0 aromatic carbocycles. The fourth-order valence-electron chi connectivity index (χ4n) is 2.11. The zero-order valence-electron chi connectivity index (χ0n) is 11.9. The SMILES string of the molecule is CCc1cc2c(N(CC)CCCO)nc(NN)nc2s1. The van der Waals surface area contributed by atoms with Crippen molar-refractivity contribution in [2.45, 2.75) is 26.7 Å². The highest BCUT2D eigenvalue weighted by atomic mass is 32.1. The van der Waals surface area contributed by atoms with Crippen molar-refractivity contribution in [1.29, 1.82) is 0 Å². The van der Waals surface area contributed by atoms with Crippen LogP contribution in [0.25, 0.3) is 10.2 Å². The summed E-state index contributed by atoms with van der Waals surface area (Å²) in [5, 5.41) is 10.1. The number of nitrogens with two attached hydrogens (primary N) is 1. The largest absolute Gasteiger partial charge is 0.396 e. The summed E-state index contributed by atoms with van der Waals surface area (Å²) in [5.41, 5.74) is 2.53. The third kappa shape index (κ3) is 3.00. The van der Waals surface area contributed by atoms with Gasteiger partial charge in [0.25, 0.3) is 0 Å². The van der Waals surface area contributed by atoms with Crippen molar-refractivity contribution in [3.63, 3.8) is 0 Å². The third-order valence-corrected chi connectivity index (χ3v) is 4.34. The van der Waals surface area contributed by atoms with Crippen LogP contribution in [0.5, 0.6) is 0 Å². The van der Waals surface area contributed by atoms with Crippen LogP contribution in [-0.4, -0.2) is 34.8 Å². The van der Waals surface area contributed by atoms with Crippen LogP contribution in [0.2, 0.25) is 0 Å². The molecule has 0 spiro atoms. The number of thiophene rings is 1. The lowest BCUT2D eigenvalue weighted by atomic mass is 10.2. The summed E-state index contributed by atoms with van der Waals surface area (Å²) in [4.78, 5) is 13.3. The first kappa shape index (κ1) is 15.0. The minimum Gasteiger partial charge on any atom is -0.396 e. The highest BCUT2D eigenvalue weighted by Crippen LogP contribution is 2.32. The van der Waals surface area contributed by atoms with Gasteiger partial charge in [0.15, 0.2) is 0 Å². The molecule has 4 N–H and O–H groups in total. The molecule has 2 aromatic heterocycles. The number of aromatic nitrogens is 2. The van der Waals surface area contributed by atoms with Gasteiger partial charge in [0.1, 0.15) is 10.6 Å². The van der Waals surface area contributed by atoms with E-state index < -0.39 is 0 Å². The van der Waals surface area contributed by atoms with Crippen LogP contribution in [0, 0.1) is 0 Å². The Morgan fingerprint density at radius 3 is 2.80 bits per heavy atom. The van der Waals surface area contributed by atoms with Crippen molar-refractivity contribution in [3.05, 3.63) is 10.9 Å². The topological polar surface area (TPSA) is 87.3 Å². The number of aryl methyl sites for hydroxylation is 1. The van der Waals surface area contributed by atoms with Gasteiger partial charge in [-0.1, -0.05) is 6.92 Å². The molecule has 0 radical (unpaired) electrons. The molecule has 0 aliphatic heterocycles.